The Balaban J connectivity index is 1.65. The molecule has 1 atom stereocenters. The van der Waals surface area contributed by atoms with Crippen LogP contribution in [0.4, 0.5) is 11.6 Å². The summed E-state index contributed by atoms with van der Waals surface area (Å²) in [7, 11) is 3.96. The van der Waals surface area contributed by atoms with E-state index in [1.54, 1.807) is 12.4 Å². The Morgan fingerprint density at radius 3 is 2.81 bits per heavy atom. The topological polar surface area (TPSA) is 78.9 Å². The number of fused-ring (bicyclic) bond motifs is 1. The van der Waals surface area contributed by atoms with Crippen molar-refractivity contribution in [1.29, 1.82) is 0 Å². The van der Waals surface area contributed by atoms with Gasteiger partial charge >= 0.3 is 0 Å². The maximum atomic E-state index is 4.84. The second-order valence-electron chi connectivity index (χ2n) is 7.17. The molecule has 1 aliphatic rings. The van der Waals surface area contributed by atoms with E-state index in [1.807, 2.05) is 43.4 Å². The van der Waals surface area contributed by atoms with E-state index in [2.05, 4.69) is 25.6 Å². The SMILES string of the molecule is CN(C)c1ccc(-c2cc3nccnc3c(NCC3CCCNC3)n2)cn1. The summed E-state index contributed by atoms with van der Waals surface area (Å²) in [5.41, 5.74) is 3.46. The molecule has 140 valence electrons. The van der Waals surface area contributed by atoms with Crippen molar-refractivity contribution < 1.29 is 0 Å². The minimum absolute atomic E-state index is 0.608. The Bertz CT molecular complexity index is 902. The zero-order valence-electron chi connectivity index (χ0n) is 15.8. The molecule has 0 saturated carbocycles. The lowest BCUT2D eigenvalue weighted by Gasteiger charge is -2.23. The van der Waals surface area contributed by atoms with Gasteiger partial charge in [-0.25, -0.2) is 15.0 Å². The molecule has 0 amide bonds. The molecule has 0 radical (unpaired) electrons. The minimum atomic E-state index is 0.608. The first-order chi connectivity index (χ1) is 13.2. The quantitative estimate of drug-likeness (QED) is 0.721. The number of aromatic nitrogens is 4. The van der Waals surface area contributed by atoms with Gasteiger partial charge in [-0.05, 0) is 50.0 Å². The number of anilines is 2. The van der Waals surface area contributed by atoms with Gasteiger partial charge in [0, 0.05) is 44.8 Å². The van der Waals surface area contributed by atoms with Crippen LogP contribution in [0.25, 0.3) is 22.3 Å². The van der Waals surface area contributed by atoms with Gasteiger partial charge in [-0.3, -0.25) is 4.98 Å². The first-order valence-electron chi connectivity index (χ1n) is 9.41. The van der Waals surface area contributed by atoms with E-state index in [4.69, 9.17) is 4.98 Å². The fourth-order valence-electron chi connectivity index (χ4n) is 3.38. The number of hydrogen-bond donors (Lipinski definition) is 2. The Labute approximate surface area is 159 Å². The maximum absolute atomic E-state index is 4.84. The van der Waals surface area contributed by atoms with Gasteiger partial charge < -0.3 is 15.5 Å². The van der Waals surface area contributed by atoms with Gasteiger partial charge in [0.15, 0.2) is 5.82 Å². The third kappa shape index (κ3) is 3.98. The lowest BCUT2D eigenvalue weighted by Crippen LogP contribution is -2.33. The molecule has 0 aliphatic carbocycles. The zero-order chi connectivity index (χ0) is 18.6. The lowest BCUT2D eigenvalue weighted by molar-refractivity contribution is 0.392. The normalized spacial score (nSPS) is 17.0. The molecule has 2 N–H and O–H groups in total. The highest BCUT2D eigenvalue weighted by Crippen LogP contribution is 2.26. The Morgan fingerprint density at radius 2 is 2.07 bits per heavy atom. The summed E-state index contributed by atoms with van der Waals surface area (Å²) in [5.74, 6) is 2.32. The van der Waals surface area contributed by atoms with Crippen molar-refractivity contribution in [2.75, 3.05) is 43.9 Å². The number of piperidine rings is 1. The van der Waals surface area contributed by atoms with Crippen molar-refractivity contribution in [3.05, 3.63) is 36.8 Å². The molecule has 1 saturated heterocycles. The van der Waals surface area contributed by atoms with Crippen molar-refractivity contribution in [2.45, 2.75) is 12.8 Å². The second-order valence-corrected chi connectivity index (χ2v) is 7.17. The molecule has 0 aromatic carbocycles. The van der Waals surface area contributed by atoms with Gasteiger partial charge in [0.2, 0.25) is 0 Å². The van der Waals surface area contributed by atoms with Crippen LogP contribution in [-0.4, -0.2) is 53.7 Å². The fraction of sp³-hybridized carbons (Fsp3) is 0.400. The van der Waals surface area contributed by atoms with Crippen LogP contribution in [0.5, 0.6) is 0 Å². The number of nitrogens with zero attached hydrogens (tertiary/aromatic N) is 5. The Hall–Kier alpha value is -2.80. The molecule has 7 nitrogen and oxygen atoms in total. The average molecular weight is 363 g/mol. The first kappa shape index (κ1) is 17.6. The third-order valence-electron chi connectivity index (χ3n) is 4.92. The summed E-state index contributed by atoms with van der Waals surface area (Å²) >= 11 is 0. The van der Waals surface area contributed by atoms with Crippen molar-refractivity contribution in [2.24, 2.45) is 5.92 Å². The van der Waals surface area contributed by atoms with Crippen molar-refractivity contribution in [3.8, 4) is 11.3 Å². The number of nitrogens with one attached hydrogen (secondary N) is 2. The predicted molar refractivity (Wildman–Crippen MR) is 109 cm³/mol. The van der Waals surface area contributed by atoms with Crippen LogP contribution < -0.4 is 15.5 Å². The average Bonchev–Trinajstić information content (AvgIpc) is 2.72. The van der Waals surface area contributed by atoms with E-state index >= 15 is 0 Å². The van der Waals surface area contributed by atoms with E-state index in [0.717, 1.165) is 53.6 Å². The van der Waals surface area contributed by atoms with Crippen LogP contribution in [0, 0.1) is 5.92 Å². The molecule has 7 heteroatoms. The first-order valence-corrected chi connectivity index (χ1v) is 9.41. The molecule has 1 unspecified atom stereocenters. The Morgan fingerprint density at radius 1 is 1.19 bits per heavy atom. The summed E-state index contributed by atoms with van der Waals surface area (Å²) in [6.07, 6.45) is 7.75. The van der Waals surface area contributed by atoms with Crippen molar-refractivity contribution in [1.82, 2.24) is 25.3 Å². The summed E-state index contributed by atoms with van der Waals surface area (Å²) in [6, 6.07) is 6.02. The third-order valence-corrected chi connectivity index (χ3v) is 4.92. The largest absolute Gasteiger partial charge is 0.368 e. The van der Waals surface area contributed by atoms with Crippen molar-refractivity contribution >= 4 is 22.7 Å². The van der Waals surface area contributed by atoms with Gasteiger partial charge in [-0.15, -0.1) is 0 Å². The van der Waals surface area contributed by atoms with Gasteiger partial charge in [-0.2, -0.15) is 0 Å². The van der Waals surface area contributed by atoms with Crippen LogP contribution >= 0.6 is 0 Å². The van der Waals surface area contributed by atoms with E-state index in [-0.39, 0.29) is 0 Å². The fourth-order valence-corrected chi connectivity index (χ4v) is 3.38. The lowest BCUT2D eigenvalue weighted by atomic mass is 10.00. The van der Waals surface area contributed by atoms with Gasteiger partial charge in [0.25, 0.3) is 0 Å². The van der Waals surface area contributed by atoms with Gasteiger partial charge in [0.1, 0.15) is 11.3 Å². The molecular formula is C20H25N7. The van der Waals surface area contributed by atoms with E-state index in [9.17, 15) is 0 Å². The highest BCUT2D eigenvalue weighted by atomic mass is 15.1. The van der Waals surface area contributed by atoms with E-state index in [1.165, 1.54) is 12.8 Å². The predicted octanol–water partition coefficient (Wildman–Crippen LogP) is 2.56. The summed E-state index contributed by atoms with van der Waals surface area (Å²) in [4.78, 5) is 20.3. The van der Waals surface area contributed by atoms with Crippen LogP contribution in [-0.2, 0) is 0 Å². The van der Waals surface area contributed by atoms with E-state index in [0.29, 0.717) is 5.92 Å². The number of rotatable bonds is 5. The molecular weight excluding hydrogens is 338 g/mol. The maximum Gasteiger partial charge on any atom is 0.154 e. The minimum Gasteiger partial charge on any atom is -0.368 e. The summed E-state index contributed by atoms with van der Waals surface area (Å²) in [5, 5.41) is 6.97. The van der Waals surface area contributed by atoms with Crippen LogP contribution in [0.15, 0.2) is 36.8 Å². The molecule has 1 fully saturated rings. The van der Waals surface area contributed by atoms with Crippen LogP contribution in [0.2, 0.25) is 0 Å². The van der Waals surface area contributed by atoms with E-state index < -0.39 is 0 Å². The zero-order valence-corrected chi connectivity index (χ0v) is 15.8. The van der Waals surface area contributed by atoms with Gasteiger partial charge in [0.05, 0.1) is 11.2 Å². The van der Waals surface area contributed by atoms with Crippen LogP contribution in [0.1, 0.15) is 12.8 Å². The second kappa shape index (κ2) is 7.84. The molecule has 0 spiro atoms. The summed E-state index contributed by atoms with van der Waals surface area (Å²) in [6.45, 7) is 3.05. The molecule has 0 bridgehead atoms. The van der Waals surface area contributed by atoms with Gasteiger partial charge in [-0.1, -0.05) is 0 Å². The molecule has 4 heterocycles. The molecule has 3 aromatic rings. The highest BCUT2D eigenvalue weighted by Gasteiger charge is 2.15. The summed E-state index contributed by atoms with van der Waals surface area (Å²) < 4.78 is 0. The number of pyridine rings is 2. The number of hydrogen-bond acceptors (Lipinski definition) is 7. The smallest absolute Gasteiger partial charge is 0.154 e. The Kier molecular flexibility index (Phi) is 5.11. The molecule has 4 rings (SSSR count). The monoisotopic (exact) mass is 363 g/mol. The molecule has 27 heavy (non-hydrogen) atoms. The van der Waals surface area contributed by atoms with Crippen molar-refractivity contribution in [3.63, 3.8) is 0 Å². The highest BCUT2D eigenvalue weighted by molar-refractivity contribution is 5.88. The van der Waals surface area contributed by atoms with Crippen LogP contribution in [0.3, 0.4) is 0 Å². The molecule has 1 aliphatic heterocycles. The standard InChI is InChI=1S/C20H25N7/c1-27(2)18-6-5-15(13-24-18)16-10-17-19(23-9-8-22-17)20(26-16)25-12-14-4-3-7-21-11-14/h5-6,8-10,13-14,21H,3-4,7,11-12H2,1-2H3,(H,25,26). The molecule has 3 aromatic heterocycles.